The topological polar surface area (TPSA) is 76.0 Å². The van der Waals surface area contributed by atoms with Gasteiger partial charge in [0.2, 0.25) is 5.91 Å². The summed E-state index contributed by atoms with van der Waals surface area (Å²) in [6.07, 6.45) is 10.3. The maximum absolute atomic E-state index is 12.8. The van der Waals surface area contributed by atoms with Crippen molar-refractivity contribution in [3.8, 4) is 0 Å². The van der Waals surface area contributed by atoms with E-state index in [1.807, 2.05) is 0 Å². The first-order valence-corrected chi connectivity index (χ1v) is 12.4. The largest absolute Gasteiger partial charge is 0.380 e. The second-order valence-electron chi connectivity index (χ2n) is 10.3. The van der Waals surface area contributed by atoms with Crippen molar-refractivity contribution in [2.75, 3.05) is 11.9 Å². The predicted octanol–water partition coefficient (Wildman–Crippen LogP) is 4.18. The zero-order valence-corrected chi connectivity index (χ0v) is 20.0. The van der Waals surface area contributed by atoms with Crippen molar-refractivity contribution >= 4 is 27.5 Å². The zero-order valence-electron chi connectivity index (χ0n) is 18.4. The third-order valence-corrected chi connectivity index (χ3v) is 9.05. The Kier molecular flexibility index (Phi) is 6.29. The molecule has 4 aliphatic rings. The number of aromatic nitrogens is 2. The van der Waals surface area contributed by atoms with Crippen LogP contribution in [0.5, 0.6) is 0 Å². The summed E-state index contributed by atoms with van der Waals surface area (Å²) in [6.45, 7) is 7.75. The number of rotatable bonds is 6. The highest BCUT2D eigenvalue weighted by Gasteiger charge is 2.56. The lowest BCUT2D eigenvalue weighted by molar-refractivity contribution is -0.122. The Hall–Kier alpha value is -1.37. The molecule has 1 heterocycles. The minimum Gasteiger partial charge on any atom is -0.380 e. The molecule has 4 atom stereocenters. The first kappa shape index (κ1) is 21.8. The van der Waals surface area contributed by atoms with Gasteiger partial charge in [-0.05, 0) is 70.7 Å². The lowest BCUT2D eigenvalue weighted by Crippen LogP contribution is -2.58. The molecule has 2 bridgehead atoms. The molecule has 0 saturated heterocycles. The molecule has 0 radical (unpaired) electrons. The van der Waals surface area contributed by atoms with Gasteiger partial charge in [0, 0.05) is 12.6 Å². The summed E-state index contributed by atoms with van der Waals surface area (Å²) in [7, 11) is 0. The van der Waals surface area contributed by atoms with E-state index in [2.05, 4.69) is 52.4 Å². The SMILES string of the molecule is C[C@H]1[C@H](Nc2cnn(CC(=O)NCC3CCCCC3)c(=O)c2Br)C[C@H]2C[C@@H]1C2(C)C. The number of nitrogens with zero attached hydrogens (tertiary/aromatic N) is 2. The van der Waals surface area contributed by atoms with Gasteiger partial charge in [-0.15, -0.1) is 0 Å². The second kappa shape index (κ2) is 8.64. The van der Waals surface area contributed by atoms with Crippen LogP contribution in [-0.2, 0) is 11.3 Å². The molecule has 0 aliphatic heterocycles. The maximum Gasteiger partial charge on any atom is 0.283 e. The van der Waals surface area contributed by atoms with Crippen LogP contribution >= 0.6 is 15.9 Å². The summed E-state index contributed by atoms with van der Waals surface area (Å²) < 4.78 is 1.71. The normalized spacial score (nSPS) is 30.4. The van der Waals surface area contributed by atoms with Gasteiger partial charge in [0.15, 0.2) is 0 Å². The van der Waals surface area contributed by atoms with Crippen LogP contribution in [0.2, 0.25) is 0 Å². The van der Waals surface area contributed by atoms with E-state index < -0.39 is 0 Å². The molecule has 1 amide bonds. The van der Waals surface area contributed by atoms with Crippen LogP contribution in [0.25, 0.3) is 0 Å². The first-order chi connectivity index (χ1) is 14.3. The van der Waals surface area contributed by atoms with Crippen LogP contribution in [0.4, 0.5) is 5.69 Å². The first-order valence-electron chi connectivity index (χ1n) is 11.6. The van der Waals surface area contributed by atoms with Gasteiger partial charge in [0.25, 0.3) is 5.56 Å². The van der Waals surface area contributed by atoms with Gasteiger partial charge in [-0.1, -0.05) is 40.0 Å². The monoisotopic (exact) mass is 478 g/mol. The molecule has 5 rings (SSSR count). The standard InChI is InChI=1S/C23H35BrN4O2/c1-14-17-9-16(23(17,2)3)10-18(14)27-19-12-26-28(22(30)21(19)24)13-20(29)25-11-15-7-5-4-6-8-15/h12,14-18,27H,4-11,13H2,1-3H3,(H,25,29)/t14-,16-,17+,18-/m1/s1. The van der Waals surface area contributed by atoms with Crippen molar-refractivity contribution in [2.45, 2.75) is 78.3 Å². The van der Waals surface area contributed by atoms with E-state index in [0.717, 1.165) is 23.9 Å². The summed E-state index contributed by atoms with van der Waals surface area (Å²) in [5.41, 5.74) is 0.901. The third-order valence-electron chi connectivity index (χ3n) is 8.29. The molecule has 4 saturated carbocycles. The number of amides is 1. The Balaban J connectivity index is 1.35. The number of fused-ring (bicyclic) bond motifs is 2. The van der Waals surface area contributed by atoms with E-state index in [1.54, 1.807) is 6.20 Å². The molecule has 6 nitrogen and oxygen atoms in total. The van der Waals surface area contributed by atoms with Crippen molar-refractivity contribution in [1.82, 2.24) is 15.1 Å². The van der Waals surface area contributed by atoms with Gasteiger partial charge in [0.1, 0.15) is 11.0 Å². The molecule has 4 fully saturated rings. The van der Waals surface area contributed by atoms with Crippen molar-refractivity contribution in [2.24, 2.45) is 29.1 Å². The Morgan fingerprint density at radius 1 is 1.27 bits per heavy atom. The van der Waals surface area contributed by atoms with Gasteiger partial charge in [-0.25, -0.2) is 4.68 Å². The van der Waals surface area contributed by atoms with E-state index >= 15 is 0 Å². The van der Waals surface area contributed by atoms with E-state index in [-0.39, 0.29) is 18.0 Å². The van der Waals surface area contributed by atoms with E-state index in [9.17, 15) is 9.59 Å². The predicted molar refractivity (Wildman–Crippen MR) is 122 cm³/mol. The lowest BCUT2D eigenvalue weighted by atomic mass is 9.45. The average molecular weight is 479 g/mol. The molecule has 166 valence electrons. The Morgan fingerprint density at radius 3 is 2.67 bits per heavy atom. The quantitative estimate of drug-likeness (QED) is 0.642. The second-order valence-corrected chi connectivity index (χ2v) is 11.1. The molecule has 1 aromatic rings. The van der Waals surface area contributed by atoms with Crippen molar-refractivity contribution in [3.05, 3.63) is 21.0 Å². The number of nitrogens with one attached hydrogen (secondary N) is 2. The minimum atomic E-state index is -0.262. The molecule has 4 aliphatic carbocycles. The molecule has 7 heteroatoms. The maximum atomic E-state index is 12.8. The molecular formula is C23H35BrN4O2. The molecule has 1 aromatic heterocycles. The van der Waals surface area contributed by atoms with Crippen LogP contribution in [0, 0.1) is 29.1 Å². The number of anilines is 1. The van der Waals surface area contributed by atoms with Crippen LogP contribution in [0.1, 0.15) is 65.7 Å². The molecule has 0 aromatic carbocycles. The fourth-order valence-electron chi connectivity index (χ4n) is 6.06. The Labute approximate surface area is 187 Å². The van der Waals surface area contributed by atoms with E-state index in [1.165, 1.54) is 43.2 Å². The zero-order chi connectivity index (χ0) is 21.5. The van der Waals surface area contributed by atoms with Crippen molar-refractivity contribution in [1.29, 1.82) is 0 Å². The molecule has 0 unspecified atom stereocenters. The molecule has 0 spiro atoms. The highest BCUT2D eigenvalue weighted by atomic mass is 79.9. The number of carbonyl (C=O) groups excluding carboxylic acids is 1. The molecule has 30 heavy (non-hydrogen) atoms. The highest BCUT2D eigenvalue weighted by Crippen LogP contribution is 2.61. The van der Waals surface area contributed by atoms with Crippen LogP contribution in [0.3, 0.4) is 0 Å². The Bertz CT molecular complexity index is 846. The van der Waals surface area contributed by atoms with E-state index in [0.29, 0.717) is 34.3 Å². The molecular weight excluding hydrogens is 444 g/mol. The Morgan fingerprint density at radius 2 is 2.00 bits per heavy atom. The smallest absolute Gasteiger partial charge is 0.283 e. The van der Waals surface area contributed by atoms with Crippen molar-refractivity contribution in [3.63, 3.8) is 0 Å². The van der Waals surface area contributed by atoms with Crippen LogP contribution in [-0.4, -0.2) is 28.3 Å². The van der Waals surface area contributed by atoms with Gasteiger partial charge >= 0.3 is 0 Å². The number of hydrogen-bond acceptors (Lipinski definition) is 4. The number of hydrogen-bond donors (Lipinski definition) is 2. The van der Waals surface area contributed by atoms with Crippen LogP contribution in [0.15, 0.2) is 15.5 Å². The average Bonchev–Trinajstić information content (AvgIpc) is 2.73. The van der Waals surface area contributed by atoms with Gasteiger partial charge in [0.05, 0.1) is 11.9 Å². The third kappa shape index (κ3) is 4.19. The summed E-state index contributed by atoms with van der Waals surface area (Å²) in [5, 5.41) is 10.8. The lowest BCUT2D eigenvalue weighted by Gasteiger charge is -2.62. The summed E-state index contributed by atoms with van der Waals surface area (Å²) in [4.78, 5) is 25.1. The van der Waals surface area contributed by atoms with Crippen molar-refractivity contribution < 1.29 is 4.79 Å². The van der Waals surface area contributed by atoms with Crippen LogP contribution < -0.4 is 16.2 Å². The van der Waals surface area contributed by atoms with Gasteiger partial charge in [-0.2, -0.15) is 5.10 Å². The highest BCUT2D eigenvalue weighted by molar-refractivity contribution is 9.10. The fourth-order valence-corrected chi connectivity index (χ4v) is 6.48. The number of carbonyl (C=O) groups is 1. The summed E-state index contributed by atoms with van der Waals surface area (Å²) >= 11 is 3.45. The summed E-state index contributed by atoms with van der Waals surface area (Å²) in [6, 6.07) is 0.355. The fraction of sp³-hybridized carbons (Fsp3) is 0.783. The van der Waals surface area contributed by atoms with Gasteiger partial charge < -0.3 is 10.6 Å². The molecule has 2 N–H and O–H groups in total. The van der Waals surface area contributed by atoms with Gasteiger partial charge in [-0.3, -0.25) is 9.59 Å². The summed E-state index contributed by atoms with van der Waals surface area (Å²) in [5.74, 6) is 2.46. The van der Waals surface area contributed by atoms with E-state index in [4.69, 9.17) is 0 Å². The number of halogens is 1. The minimum absolute atomic E-state index is 0.0391.